The fraction of sp³-hybridized carbons (Fsp3) is 0.143. The molecule has 0 radical (unpaired) electrons. The zero-order valence-electron chi connectivity index (χ0n) is 5.96. The zero-order chi connectivity index (χ0) is 9.14. The lowest BCUT2D eigenvalue weighted by atomic mass is 10.2. The normalized spacial score (nSPS) is 10.6. The third kappa shape index (κ3) is 2.46. The maximum atomic E-state index is 12.8. The number of benzene rings is 1. The van der Waals surface area contributed by atoms with Gasteiger partial charge in [-0.2, -0.15) is 0 Å². The van der Waals surface area contributed by atoms with Crippen LogP contribution in [-0.2, 0) is 16.5 Å². The summed E-state index contributed by atoms with van der Waals surface area (Å²) in [6.45, 7) is 0. The number of hydrogen-bond acceptors (Lipinski definition) is 2. The van der Waals surface area contributed by atoms with E-state index >= 15 is 0 Å². The molecule has 0 amide bonds. The molecule has 0 saturated heterocycles. The molecule has 66 valence electrons. The van der Waals surface area contributed by atoms with Gasteiger partial charge in [0.25, 0.3) is 0 Å². The molecule has 0 N–H and O–H groups in total. The summed E-state index contributed by atoms with van der Waals surface area (Å²) in [5, 5.41) is 0.336. The Kier molecular flexibility index (Phi) is 3.05. The van der Waals surface area contributed by atoms with Gasteiger partial charge in [-0.05, 0) is 18.2 Å². The van der Waals surface area contributed by atoms with Crippen molar-refractivity contribution in [3.8, 4) is 0 Å². The summed E-state index contributed by atoms with van der Waals surface area (Å²) in [5.74, 6) is -0.847. The third-order valence-electron chi connectivity index (χ3n) is 1.31. The molecule has 0 aliphatic carbocycles. The fourth-order valence-electron chi connectivity index (χ4n) is 0.804. The van der Waals surface area contributed by atoms with Crippen LogP contribution in [-0.4, -0.2) is 8.42 Å². The number of thiol groups is 1. The van der Waals surface area contributed by atoms with Gasteiger partial charge in [-0.15, -0.1) is 0 Å². The molecule has 5 heteroatoms. The summed E-state index contributed by atoms with van der Waals surface area (Å²) < 4.78 is 33.3. The van der Waals surface area contributed by atoms with Gasteiger partial charge in [0.1, 0.15) is 16.5 Å². The van der Waals surface area contributed by atoms with Crippen LogP contribution in [0.3, 0.4) is 0 Å². The zero-order valence-corrected chi connectivity index (χ0v) is 7.61. The molecule has 0 saturated carbocycles. The first-order valence-electron chi connectivity index (χ1n) is 3.15. The molecule has 0 aliphatic heterocycles. The second kappa shape index (κ2) is 3.87. The van der Waals surface area contributed by atoms with Crippen molar-refractivity contribution in [2.24, 2.45) is 0 Å². The predicted molar refractivity (Wildman–Crippen MR) is 45.4 cm³/mol. The summed E-state index contributed by atoms with van der Waals surface area (Å²) in [5.41, 5.74) is 0.110. The molecule has 0 bridgehead atoms. The van der Waals surface area contributed by atoms with E-state index in [4.69, 9.17) is 11.6 Å². The SMILES string of the molecule is O=[SH](=O)Cc1cc(Cl)ccc1F. The van der Waals surface area contributed by atoms with E-state index in [9.17, 15) is 12.8 Å². The first kappa shape index (κ1) is 9.48. The molecule has 0 aromatic heterocycles. The quantitative estimate of drug-likeness (QED) is 0.749. The van der Waals surface area contributed by atoms with Crippen LogP contribution in [0.1, 0.15) is 5.56 Å². The van der Waals surface area contributed by atoms with E-state index in [1.807, 2.05) is 0 Å². The monoisotopic (exact) mass is 208 g/mol. The first-order chi connectivity index (χ1) is 5.59. The Hall–Kier alpha value is -0.610. The van der Waals surface area contributed by atoms with Gasteiger partial charge in [0.2, 0.25) is 0 Å². The van der Waals surface area contributed by atoms with E-state index in [0.717, 1.165) is 6.07 Å². The van der Waals surface area contributed by atoms with Crippen molar-refractivity contribution in [1.82, 2.24) is 0 Å². The van der Waals surface area contributed by atoms with E-state index in [1.165, 1.54) is 12.1 Å². The van der Waals surface area contributed by atoms with Crippen LogP contribution >= 0.6 is 11.6 Å². The average Bonchev–Trinajstić information content (AvgIpc) is 1.96. The lowest BCUT2D eigenvalue weighted by molar-refractivity contribution is 0.601. The fourth-order valence-corrected chi connectivity index (χ4v) is 1.52. The Balaban J connectivity index is 3.05. The Morgan fingerprint density at radius 2 is 2.08 bits per heavy atom. The lowest BCUT2D eigenvalue weighted by Gasteiger charge is -1.97. The molecule has 1 aromatic rings. The topological polar surface area (TPSA) is 34.1 Å². The summed E-state index contributed by atoms with van der Waals surface area (Å²) >= 11 is 5.54. The molecule has 0 spiro atoms. The van der Waals surface area contributed by atoms with Gasteiger partial charge in [0.15, 0.2) is 0 Å². The lowest BCUT2D eigenvalue weighted by Crippen LogP contribution is -1.91. The third-order valence-corrected chi connectivity index (χ3v) is 2.14. The first-order valence-corrected chi connectivity index (χ1v) is 4.89. The molecule has 12 heavy (non-hydrogen) atoms. The Bertz CT molecular complexity index is 354. The van der Waals surface area contributed by atoms with Gasteiger partial charge in [-0.3, -0.25) is 0 Å². The summed E-state index contributed by atoms with van der Waals surface area (Å²) in [6, 6.07) is 3.83. The van der Waals surface area contributed by atoms with Crippen LogP contribution < -0.4 is 0 Å². The minimum Gasteiger partial charge on any atom is -0.232 e. The highest BCUT2D eigenvalue weighted by molar-refractivity contribution is 7.71. The van der Waals surface area contributed by atoms with E-state index in [2.05, 4.69) is 0 Å². The van der Waals surface area contributed by atoms with Crippen molar-refractivity contribution in [3.63, 3.8) is 0 Å². The molecule has 2 nitrogen and oxygen atoms in total. The average molecular weight is 209 g/mol. The standard InChI is InChI=1S/C7H6ClFO2S/c8-6-1-2-7(9)5(3-6)4-12(10)11/h1-3,12H,4H2. The number of halogens is 2. The summed E-state index contributed by atoms with van der Waals surface area (Å²) in [7, 11) is -2.60. The molecule has 0 fully saturated rings. The number of rotatable bonds is 2. The van der Waals surface area contributed by atoms with Crippen LogP contribution in [0.2, 0.25) is 5.02 Å². The maximum Gasteiger partial charge on any atom is 0.144 e. The second-order valence-electron chi connectivity index (χ2n) is 2.23. The van der Waals surface area contributed by atoms with Crippen LogP contribution in [0, 0.1) is 5.82 Å². The van der Waals surface area contributed by atoms with Crippen molar-refractivity contribution in [2.75, 3.05) is 0 Å². The Morgan fingerprint density at radius 1 is 1.42 bits per heavy atom. The Morgan fingerprint density at radius 3 is 2.67 bits per heavy atom. The van der Waals surface area contributed by atoms with E-state index in [-0.39, 0.29) is 11.3 Å². The second-order valence-corrected chi connectivity index (χ2v) is 3.64. The summed E-state index contributed by atoms with van der Waals surface area (Å²) in [4.78, 5) is 0. The highest BCUT2D eigenvalue weighted by Gasteiger charge is 2.03. The van der Waals surface area contributed by atoms with E-state index in [1.54, 1.807) is 0 Å². The minimum atomic E-state index is -2.60. The van der Waals surface area contributed by atoms with Gasteiger partial charge < -0.3 is 0 Å². The molecule has 1 aromatic carbocycles. The van der Waals surface area contributed by atoms with Crippen LogP contribution in [0.15, 0.2) is 18.2 Å². The molecule has 0 atom stereocenters. The minimum absolute atomic E-state index is 0.110. The largest absolute Gasteiger partial charge is 0.232 e. The van der Waals surface area contributed by atoms with E-state index < -0.39 is 16.5 Å². The van der Waals surface area contributed by atoms with Crippen molar-refractivity contribution in [3.05, 3.63) is 34.6 Å². The maximum absolute atomic E-state index is 12.8. The highest BCUT2D eigenvalue weighted by Crippen LogP contribution is 2.15. The molecular weight excluding hydrogens is 203 g/mol. The molecule has 1 rings (SSSR count). The van der Waals surface area contributed by atoms with Crippen LogP contribution in [0.4, 0.5) is 4.39 Å². The molecule has 0 aliphatic rings. The van der Waals surface area contributed by atoms with Gasteiger partial charge in [0, 0.05) is 10.6 Å². The smallest absolute Gasteiger partial charge is 0.144 e. The number of hydrogen-bond donors (Lipinski definition) is 1. The van der Waals surface area contributed by atoms with Crippen LogP contribution in [0.5, 0.6) is 0 Å². The van der Waals surface area contributed by atoms with Gasteiger partial charge >= 0.3 is 0 Å². The molecule has 0 unspecified atom stereocenters. The predicted octanol–water partition coefficient (Wildman–Crippen LogP) is 1.59. The molecular formula is C7H6ClFO2S. The van der Waals surface area contributed by atoms with Gasteiger partial charge in [0.05, 0.1) is 5.75 Å². The van der Waals surface area contributed by atoms with Gasteiger partial charge in [-0.25, -0.2) is 12.8 Å². The van der Waals surface area contributed by atoms with Crippen molar-refractivity contribution in [1.29, 1.82) is 0 Å². The van der Waals surface area contributed by atoms with Crippen molar-refractivity contribution < 1.29 is 12.8 Å². The van der Waals surface area contributed by atoms with Crippen LogP contribution in [0.25, 0.3) is 0 Å². The van der Waals surface area contributed by atoms with E-state index in [0.29, 0.717) is 5.02 Å². The Labute approximate surface area is 75.9 Å². The van der Waals surface area contributed by atoms with Crippen molar-refractivity contribution in [2.45, 2.75) is 5.75 Å². The van der Waals surface area contributed by atoms with Crippen molar-refractivity contribution >= 4 is 22.3 Å². The highest BCUT2D eigenvalue weighted by atomic mass is 35.5. The molecule has 0 heterocycles. The summed E-state index contributed by atoms with van der Waals surface area (Å²) in [6.07, 6.45) is 0. The van der Waals surface area contributed by atoms with Gasteiger partial charge in [-0.1, -0.05) is 11.6 Å².